The van der Waals surface area contributed by atoms with Gasteiger partial charge in [0.05, 0.1) is 0 Å². The molecule has 0 spiro atoms. The van der Waals surface area contributed by atoms with Gasteiger partial charge in [-0.25, -0.2) is 0 Å². The Morgan fingerprint density at radius 3 is 2.52 bits per heavy atom. The van der Waals surface area contributed by atoms with Gasteiger partial charge in [0.15, 0.2) is 0 Å². The molecule has 1 aromatic rings. The van der Waals surface area contributed by atoms with Crippen LogP contribution in [0.4, 0.5) is 5.69 Å². The molecule has 0 saturated heterocycles. The monoisotopic (exact) mass is 316 g/mol. The van der Waals surface area contributed by atoms with Crippen LogP contribution in [0.5, 0.6) is 0 Å². The van der Waals surface area contributed by atoms with Crippen LogP contribution in [0.15, 0.2) is 18.2 Å². The van der Waals surface area contributed by atoms with Crippen LogP contribution in [0.2, 0.25) is 0 Å². The first-order valence-corrected chi connectivity index (χ1v) is 9.09. The molecule has 2 unspecified atom stereocenters. The second kappa shape index (κ2) is 7.48. The van der Waals surface area contributed by atoms with E-state index < -0.39 is 0 Å². The molecule has 3 nitrogen and oxygen atoms in total. The molecular weight excluding hydrogens is 284 g/mol. The first-order valence-electron chi connectivity index (χ1n) is 9.09. The SMILES string of the molecule is CCC(CC)C(=O)N1c2ccc(CC(N)C(C)C)cc2CC1C. The highest BCUT2D eigenvalue weighted by atomic mass is 16.2. The summed E-state index contributed by atoms with van der Waals surface area (Å²) in [5.74, 6) is 0.903. The van der Waals surface area contributed by atoms with E-state index in [-0.39, 0.29) is 23.9 Å². The number of carbonyl (C=O) groups is 1. The summed E-state index contributed by atoms with van der Waals surface area (Å²) < 4.78 is 0. The molecule has 0 saturated carbocycles. The summed E-state index contributed by atoms with van der Waals surface area (Å²) in [6.45, 7) is 10.7. The summed E-state index contributed by atoms with van der Waals surface area (Å²) in [7, 11) is 0. The molecule has 2 rings (SSSR count). The Labute approximate surface area is 141 Å². The Balaban J connectivity index is 2.23. The molecule has 0 fully saturated rings. The van der Waals surface area contributed by atoms with Gasteiger partial charge in [0.2, 0.25) is 5.91 Å². The summed E-state index contributed by atoms with van der Waals surface area (Å²) in [6.07, 6.45) is 3.68. The van der Waals surface area contributed by atoms with Crippen LogP contribution in [0, 0.1) is 11.8 Å². The average Bonchev–Trinajstić information content (AvgIpc) is 2.83. The molecule has 2 atom stereocenters. The summed E-state index contributed by atoms with van der Waals surface area (Å²) in [6, 6.07) is 6.98. The summed E-state index contributed by atoms with van der Waals surface area (Å²) >= 11 is 0. The number of hydrogen-bond donors (Lipinski definition) is 1. The number of carbonyl (C=O) groups excluding carboxylic acids is 1. The maximum absolute atomic E-state index is 12.8. The van der Waals surface area contributed by atoms with E-state index in [2.05, 4.69) is 52.8 Å². The maximum atomic E-state index is 12.8. The predicted octanol–water partition coefficient (Wildman–Crippen LogP) is 3.93. The number of hydrogen-bond acceptors (Lipinski definition) is 2. The van der Waals surface area contributed by atoms with Crippen LogP contribution in [0.1, 0.15) is 58.6 Å². The topological polar surface area (TPSA) is 46.3 Å². The van der Waals surface area contributed by atoms with Crippen molar-refractivity contribution in [3.63, 3.8) is 0 Å². The van der Waals surface area contributed by atoms with Crippen molar-refractivity contribution in [1.82, 2.24) is 0 Å². The first-order chi connectivity index (χ1) is 10.9. The molecule has 1 aromatic carbocycles. The van der Waals surface area contributed by atoms with Crippen molar-refractivity contribution in [3.8, 4) is 0 Å². The molecule has 1 amide bonds. The minimum Gasteiger partial charge on any atom is -0.327 e. The number of amides is 1. The largest absolute Gasteiger partial charge is 0.327 e. The van der Waals surface area contributed by atoms with E-state index in [0.717, 1.165) is 31.4 Å². The standard InChI is InChI=1S/C20H32N2O/c1-6-16(7-2)20(23)22-14(5)10-17-11-15(8-9-19(17)22)12-18(21)13(3)4/h8-9,11,13-14,16,18H,6-7,10,12,21H2,1-5H3. The highest BCUT2D eigenvalue weighted by molar-refractivity contribution is 5.97. The molecule has 0 radical (unpaired) electrons. The van der Waals surface area contributed by atoms with Crippen molar-refractivity contribution >= 4 is 11.6 Å². The van der Waals surface area contributed by atoms with Crippen LogP contribution in [0.3, 0.4) is 0 Å². The van der Waals surface area contributed by atoms with Gasteiger partial charge in [-0.15, -0.1) is 0 Å². The van der Waals surface area contributed by atoms with Crippen molar-refractivity contribution in [2.24, 2.45) is 17.6 Å². The molecule has 1 aliphatic heterocycles. The van der Waals surface area contributed by atoms with E-state index in [0.29, 0.717) is 5.92 Å². The van der Waals surface area contributed by atoms with Crippen molar-refractivity contribution in [1.29, 1.82) is 0 Å². The maximum Gasteiger partial charge on any atom is 0.230 e. The van der Waals surface area contributed by atoms with Gasteiger partial charge in [-0.1, -0.05) is 39.8 Å². The number of benzene rings is 1. The molecule has 23 heavy (non-hydrogen) atoms. The Kier molecular flexibility index (Phi) is 5.85. The van der Waals surface area contributed by atoms with Crippen molar-refractivity contribution in [3.05, 3.63) is 29.3 Å². The normalized spacial score (nSPS) is 18.6. The molecule has 1 aliphatic rings. The molecule has 0 bridgehead atoms. The second-order valence-electron chi connectivity index (χ2n) is 7.35. The van der Waals surface area contributed by atoms with Crippen LogP contribution in [0.25, 0.3) is 0 Å². The van der Waals surface area contributed by atoms with Crippen molar-refractivity contribution < 1.29 is 4.79 Å². The van der Waals surface area contributed by atoms with Gasteiger partial charge in [-0.3, -0.25) is 4.79 Å². The fraction of sp³-hybridized carbons (Fsp3) is 0.650. The van der Waals surface area contributed by atoms with E-state index in [1.165, 1.54) is 11.1 Å². The van der Waals surface area contributed by atoms with Gasteiger partial charge in [0.1, 0.15) is 0 Å². The lowest BCUT2D eigenvalue weighted by molar-refractivity contribution is -0.122. The van der Waals surface area contributed by atoms with Crippen molar-refractivity contribution in [2.75, 3.05) is 4.90 Å². The highest BCUT2D eigenvalue weighted by Gasteiger charge is 2.33. The lowest BCUT2D eigenvalue weighted by Crippen LogP contribution is -2.39. The average molecular weight is 316 g/mol. The lowest BCUT2D eigenvalue weighted by Gasteiger charge is -2.27. The summed E-state index contributed by atoms with van der Waals surface area (Å²) in [4.78, 5) is 14.9. The number of anilines is 1. The van der Waals surface area contributed by atoms with E-state index in [1.54, 1.807) is 0 Å². The predicted molar refractivity (Wildman–Crippen MR) is 97.7 cm³/mol. The zero-order valence-corrected chi connectivity index (χ0v) is 15.3. The highest BCUT2D eigenvalue weighted by Crippen LogP contribution is 2.35. The first kappa shape index (κ1) is 18.0. The van der Waals surface area contributed by atoms with Crippen LogP contribution in [-0.4, -0.2) is 18.0 Å². The van der Waals surface area contributed by atoms with Crippen LogP contribution >= 0.6 is 0 Å². The molecule has 0 aromatic heterocycles. The van der Waals surface area contributed by atoms with Crippen LogP contribution < -0.4 is 10.6 Å². The number of fused-ring (bicyclic) bond motifs is 1. The second-order valence-corrected chi connectivity index (χ2v) is 7.35. The van der Waals surface area contributed by atoms with E-state index in [9.17, 15) is 4.79 Å². The van der Waals surface area contributed by atoms with E-state index in [1.807, 2.05) is 4.90 Å². The smallest absolute Gasteiger partial charge is 0.230 e. The Bertz CT molecular complexity index is 549. The summed E-state index contributed by atoms with van der Waals surface area (Å²) in [5.41, 5.74) is 9.90. The quantitative estimate of drug-likeness (QED) is 0.864. The third-order valence-electron chi connectivity index (χ3n) is 5.26. The number of nitrogens with zero attached hydrogens (tertiary/aromatic N) is 1. The fourth-order valence-electron chi connectivity index (χ4n) is 3.49. The number of rotatable bonds is 6. The van der Waals surface area contributed by atoms with Gasteiger partial charge in [0, 0.05) is 23.7 Å². The van der Waals surface area contributed by atoms with Crippen LogP contribution in [-0.2, 0) is 17.6 Å². The van der Waals surface area contributed by atoms with Gasteiger partial charge in [-0.2, -0.15) is 0 Å². The van der Waals surface area contributed by atoms with Gasteiger partial charge < -0.3 is 10.6 Å². The third kappa shape index (κ3) is 3.77. The Morgan fingerprint density at radius 1 is 1.30 bits per heavy atom. The molecule has 128 valence electrons. The zero-order chi connectivity index (χ0) is 17.1. The summed E-state index contributed by atoms with van der Waals surface area (Å²) in [5, 5.41) is 0. The Morgan fingerprint density at radius 2 is 1.96 bits per heavy atom. The minimum absolute atomic E-state index is 0.137. The Hall–Kier alpha value is -1.35. The molecule has 1 heterocycles. The lowest BCUT2D eigenvalue weighted by atomic mass is 9.95. The van der Waals surface area contributed by atoms with E-state index in [4.69, 9.17) is 5.73 Å². The molecule has 0 aliphatic carbocycles. The van der Waals surface area contributed by atoms with E-state index >= 15 is 0 Å². The molecule has 2 N–H and O–H groups in total. The van der Waals surface area contributed by atoms with Gasteiger partial charge in [0.25, 0.3) is 0 Å². The molecule has 3 heteroatoms. The third-order valence-corrected chi connectivity index (χ3v) is 5.26. The van der Waals surface area contributed by atoms with Gasteiger partial charge in [-0.05, 0) is 55.7 Å². The minimum atomic E-state index is 0.137. The zero-order valence-electron chi connectivity index (χ0n) is 15.3. The van der Waals surface area contributed by atoms with Crippen molar-refractivity contribution in [2.45, 2.75) is 72.4 Å². The number of nitrogens with two attached hydrogens (primary N) is 1. The fourth-order valence-corrected chi connectivity index (χ4v) is 3.49. The molecular formula is C20H32N2O. The van der Waals surface area contributed by atoms with Gasteiger partial charge >= 0.3 is 0 Å².